The molecule has 4 aromatic rings. The molecule has 9 heteroatoms. The smallest absolute Gasteiger partial charge is 0.263 e. The molecule has 0 atom stereocenters. The summed E-state index contributed by atoms with van der Waals surface area (Å²) in [6, 6.07) is 14.1. The van der Waals surface area contributed by atoms with Crippen LogP contribution in [-0.4, -0.2) is 24.5 Å². The summed E-state index contributed by atoms with van der Waals surface area (Å²) in [6.45, 7) is 1.87. The first-order valence-corrected chi connectivity index (χ1v) is 12.4. The molecule has 0 aliphatic carbocycles. The van der Waals surface area contributed by atoms with E-state index in [0.29, 0.717) is 15.3 Å². The van der Waals surface area contributed by atoms with Gasteiger partial charge in [-0.25, -0.2) is 12.8 Å². The van der Waals surface area contributed by atoms with Gasteiger partial charge in [0.1, 0.15) is 15.8 Å². The minimum atomic E-state index is -3.80. The first-order valence-electron chi connectivity index (χ1n) is 9.55. The van der Waals surface area contributed by atoms with Crippen molar-refractivity contribution in [3.8, 4) is 5.69 Å². The molecule has 32 heavy (non-hydrogen) atoms. The van der Waals surface area contributed by atoms with Crippen molar-refractivity contribution < 1.29 is 17.6 Å². The number of carbonyl (C=O) groups excluding carboxylic acids is 1. The number of sulfone groups is 1. The van der Waals surface area contributed by atoms with Gasteiger partial charge in [-0.15, -0.1) is 11.3 Å². The molecule has 0 fully saturated rings. The predicted molar refractivity (Wildman–Crippen MR) is 124 cm³/mol. The first-order chi connectivity index (χ1) is 15.1. The first kappa shape index (κ1) is 22.4. The molecule has 0 amide bonds. The van der Waals surface area contributed by atoms with E-state index in [1.54, 1.807) is 12.1 Å². The summed E-state index contributed by atoms with van der Waals surface area (Å²) >= 11 is 6.65. The van der Waals surface area contributed by atoms with Crippen LogP contribution in [0.15, 0.2) is 69.8 Å². The molecular weight excluding hydrogens is 473 g/mol. The van der Waals surface area contributed by atoms with E-state index in [1.165, 1.54) is 35.0 Å². The lowest BCUT2D eigenvalue weighted by Crippen LogP contribution is -2.19. The number of pyridine rings is 1. The number of aryl methyl sites for hydroxylation is 1. The largest absolute Gasteiger partial charge is 0.298 e. The minimum absolute atomic E-state index is 0.0169. The highest BCUT2D eigenvalue weighted by Gasteiger charge is 2.22. The normalized spacial score (nSPS) is 11.7. The highest BCUT2D eigenvalue weighted by molar-refractivity contribution is 7.94. The van der Waals surface area contributed by atoms with Crippen LogP contribution in [0.4, 0.5) is 4.39 Å². The molecule has 0 spiro atoms. The quantitative estimate of drug-likeness (QED) is 0.392. The van der Waals surface area contributed by atoms with Gasteiger partial charge in [0.25, 0.3) is 5.56 Å². The van der Waals surface area contributed by atoms with Crippen molar-refractivity contribution in [2.24, 2.45) is 0 Å². The van der Waals surface area contributed by atoms with Crippen molar-refractivity contribution in [1.29, 1.82) is 0 Å². The van der Waals surface area contributed by atoms with Crippen molar-refractivity contribution in [3.05, 3.63) is 92.4 Å². The SMILES string of the molecule is Cc1ccc2ccn(-c3ccc(CC(=O)CS(=O)(=O)c4ccc(Cl)s4)cc3F)c(=O)c2c1. The monoisotopic (exact) mass is 489 g/mol. The Labute approximate surface area is 192 Å². The Hall–Kier alpha value is -2.81. The lowest BCUT2D eigenvalue weighted by atomic mass is 10.1. The zero-order valence-corrected chi connectivity index (χ0v) is 19.2. The van der Waals surface area contributed by atoms with E-state index >= 15 is 0 Å². The second-order valence-corrected chi connectivity index (χ2v) is 11.3. The van der Waals surface area contributed by atoms with Gasteiger partial charge in [-0.2, -0.15) is 0 Å². The van der Waals surface area contributed by atoms with E-state index < -0.39 is 27.2 Å². The van der Waals surface area contributed by atoms with E-state index in [2.05, 4.69) is 0 Å². The highest BCUT2D eigenvalue weighted by Crippen LogP contribution is 2.26. The summed E-state index contributed by atoms with van der Waals surface area (Å²) < 4.78 is 41.1. The Morgan fingerprint density at radius 1 is 1.09 bits per heavy atom. The zero-order valence-electron chi connectivity index (χ0n) is 16.8. The maximum absolute atomic E-state index is 14.8. The molecule has 0 radical (unpaired) electrons. The van der Waals surface area contributed by atoms with Crippen LogP contribution < -0.4 is 5.56 Å². The Kier molecular flexibility index (Phi) is 6.03. The van der Waals surface area contributed by atoms with Crippen LogP contribution in [0.3, 0.4) is 0 Å². The van der Waals surface area contributed by atoms with E-state index in [4.69, 9.17) is 11.6 Å². The summed E-state index contributed by atoms with van der Waals surface area (Å²) in [6.07, 6.45) is 1.25. The number of benzene rings is 2. The highest BCUT2D eigenvalue weighted by atomic mass is 35.5. The van der Waals surface area contributed by atoms with Crippen LogP contribution in [0.1, 0.15) is 11.1 Å². The second kappa shape index (κ2) is 8.61. The third-order valence-electron chi connectivity index (χ3n) is 4.94. The van der Waals surface area contributed by atoms with Crippen LogP contribution in [-0.2, 0) is 21.1 Å². The van der Waals surface area contributed by atoms with Gasteiger partial charge in [-0.3, -0.25) is 14.2 Å². The molecule has 4 rings (SSSR count). The van der Waals surface area contributed by atoms with Crippen molar-refractivity contribution in [1.82, 2.24) is 4.57 Å². The molecule has 0 saturated carbocycles. The number of ketones is 1. The number of fused-ring (bicyclic) bond motifs is 1. The van der Waals surface area contributed by atoms with Crippen molar-refractivity contribution >= 4 is 49.3 Å². The number of halogens is 2. The number of thiophene rings is 1. The van der Waals surface area contributed by atoms with E-state index in [9.17, 15) is 22.4 Å². The van der Waals surface area contributed by atoms with Crippen molar-refractivity contribution in [2.75, 3.05) is 5.75 Å². The summed E-state index contributed by atoms with van der Waals surface area (Å²) in [5, 5.41) is 1.23. The fourth-order valence-electron chi connectivity index (χ4n) is 3.43. The number of Topliss-reactive ketones (excluding diaryl/α,β-unsaturated/α-hetero) is 1. The fourth-order valence-corrected chi connectivity index (χ4v) is 6.24. The lowest BCUT2D eigenvalue weighted by molar-refractivity contribution is -0.116. The van der Waals surface area contributed by atoms with Gasteiger partial charge in [0.2, 0.25) is 0 Å². The van der Waals surface area contributed by atoms with Crippen molar-refractivity contribution in [2.45, 2.75) is 17.6 Å². The Morgan fingerprint density at radius 3 is 2.56 bits per heavy atom. The third-order valence-corrected chi connectivity index (χ3v) is 8.43. The van der Waals surface area contributed by atoms with Crippen LogP contribution in [0.5, 0.6) is 0 Å². The molecule has 0 aliphatic rings. The predicted octanol–water partition coefficient (Wildman–Crippen LogP) is 4.74. The lowest BCUT2D eigenvalue weighted by Gasteiger charge is -2.10. The molecular formula is C23H17ClFNO4S2. The number of rotatable bonds is 6. The third kappa shape index (κ3) is 4.53. The molecule has 0 unspecified atom stereocenters. The van der Waals surface area contributed by atoms with Crippen LogP contribution in [0.2, 0.25) is 4.34 Å². The van der Waals surface area contributed by atoms with Gasteiger partial charge >= 0.3 is 0 Å². The van der Waals surface area contributed by atoms with Crippen LogP contribution >= 0.6 is 22.9 Å². The minimum Gasteiger partial charge on any atom is -0.298 e. The van der Waals surface area contributed by atoms with Crippen LogP contribution in [0, 0.1) is 12.7 Å². The Morgan fingerprint density at radius 2 is 1.88 bits per heavy atom. The topological polar surface area (TPSA) is 73.2 Å². The zero-order chi connectivity index (χ0) is 23.0. The Bertz CT molecular complexity index is 1520. The van der Waals surface area contributed by atoms with Gasteiger partial charge in [-0.05, 0) is 54.3 Å². The Balaban J connectivity index is 1.58. The standard InChI is InChI=1S/C23H17ClFNO4S2/c1-14-2-4-16-8-9-26(23(28)18(16)10-14)20-5-3-15(12-19(20)25)11-17(27)13-32(29,30)22-7-6-21(24)31-22/h2-10,12H,11,13H2,1H3. The average Bonchev–Trinajstić information content (AvgIpc) is 3.16. The molecule has 2 heterocycles. The number of aromatic nitrogens is 1. The summed E-state index contributed by atoms with van der Waals surface area (Å²) in [4.78, 5) is 25.2. The van der Waals surface area contributed by atoms with Crippen molar-refractivity contribution in [3.63, 3.8) is 0 Å². The summed E-state index contributed by atoms with van der Waals surface area (Å²) in [7, 11) is -3.80. The number of carbonyl (C=O) groups is 1. The molecule has 0 N–H and O–H groups in total. The van der Waals surface area contributed by atoms with Gasteiger partial charge in [-0.1, -0.05) is 35.4 Å². The molecule has 0 bridgehead atoms. The molecule has 2 aromatic carbocycles. The molecule has 164 valence electrons. The van der Waals surface area contributed by atoms with E-state index in [-0.39, 0.29) is 21.9 Å². The van der Waals surface area contributed by atoms with Gasteiger partial charge in [0.05, 0.1) is 10.0 Å². The number of hydrogen-bond donors (Lipinski definition) is 0. The summed E-state index contributed by atoms with van der Waals surface area (Å²) in [5.41, 5.74) is 0.937. The maximum atomic E-state index is 14.8. The maximum Gasteiger partial charge on any atom is 0.263 e. The fraction of sp³-hybridized carbons (Fsp3) is 0.130. The molecule has 2 aromatic heterocycles. The van der Waals surface area contributed by atoms with Gasteiger partial charge < -0.3 is 0 Å². The average molecular weight is 490 g/mol. The molecule has 5 nitrogen and oxygen atoms in total. The molecule has 0 saturated heterocycles. The number of nitrogens with zero attached hydrogens (tertiary/aromatic N) is 1. The number of hydrogen-bond acceptors (Lipinski definition) is 5. The van der Waals surface area contributed by atoms with Gasteiger partial charge in [0, 0.05) is 18.0 Å². The van der Waals surface area contributed by atoms with Crippen LogP contribution in [0.25, 0.3) is 16.5 Å². The van der Waals surface area contributed by atoms with E-state index in [0.717, 1.165) is 28.4 Å². The summed E-state index contributed by atoms with van der Waals surface area (Å²) in [5.74, 6) is -1.95. The molecule has 0 aliphatic heterocycles. The van der Waals surface area contributed by atoms with E-state index in [1.807, 2.05) is 19.1 Å². The second-order valence-electron chi connectivity index (χ2n) is 7.40. The van der Waals surface area contributed by atoms with Gasteiger partial charge in [0.15, 0.2) is 15.6 Å².